The normalized spacial score (nSPS) is 25.5. The van der Waals surface area contributed by atoms with Crippen molar-refractivity contribution in [3.63, 3.8) is 0 Å². The maximum atomic E-state index is 12.5. The van der Waals surface area contributed by atoms with Crippen molar-refractivity contribution in [1.29, 1.82) is 0 Å². The predicted molar refractivity (Wildman–Crippen MR) is 79.6 cm³/mol. The predicted octanol–water partition coefficient (Wildman–Crippen LogP) is 0.600. The molecule has 21 heavy (non-hydrogen) atoms. The first-order chi connectivity index (χ1) is 9.95. The lowest BCUT2D eigenvalue weighted by Gasteiger charge is -2.30. The quantitative estimate of drug-likeness (QED) is 0.763. The lowest BCUT2D eigenvalue weighted by molar-refractivity contribution is -0.115. The van der Waals surface area contributed by atoms with Crippen LogP contribution in [0.4, 0.5) is 5.69 Å². The van der Waals surface area contributed by atoms with Crippen molar-refractivity contribution < 1.29 is 13.2 Å². The number of sulfonamides is 1. The van der Waals surface area contributed by atoms with E-state index >= 15 is 0 Å². The Bertz CT molecular complexity index is 672. The molecule has 2 unspecified atom stereocenters. The molecule has 1 saturated heterocycles. The highest BCUT2D eigenvalue weighted by molar-refractivity contribution is 7.89. The number of rotatable bonds is 3. The second-order valence-electron chi connectivity index (χ2n) is 5.66. The van der Waals surface area contributed by atoms with E-state index in [2.05, 4.69) is 15.4 Å². The fourth-order valence-corrected chi connectivity index (χ4v) is 4.25. The first kappa shape index (κ1) is 14.5. The number of fused-ring (bicyclic) bond motifs is 1. The van der Waals surface area contributed by atoms with Gasteiger partial charge in [0.2, 0.25) is 15.9 Å². The molecule has 3 N–H and O–H groups in total. The average Bonchev–Trinajstić information content (AvgIpc) is 2.80. The van der Waals surface area contributed by atoms with Crippen molar-refractivity contribution in [1.82, 2.24) is 10.0 Å². The van der Waals surface area contributed by atoms with Gasteiger partial charge in [-0.15, -0.1) is 0 Å². The van der Waals surface area contributed by atoms with Gasteiger partial charge in [0.25, 0.3) is 0 Å². The molecule has 1 amide bonds. The lowest BCUT2D eigenvalue weighted by atomic mass is 10.0. The van der Waals surface area contributed by atoms with Gasteiger partial charge >= 0.3 is 0 Å². The molecule has 2 atom stereocenters. The van der Waals surface area contributed by atoms with Crippen LogP contribution in [0.3, 0.4) is 0 Å². The standard InChI is InChI=1S/C14H19N3O3S/c1-9-12(3-2-6-15-9)17-21(19,20)11-4-5-13-10(7-11)8-14(18)16-13/h4-5,7,9,12,15,17H,2-3,6,8H2,1H3,(H,16,18). The molecule has 3 rings (SSSR count). The van der Waals surface area contributed by atoms with Crippen LogP contribution in [0.2, 0.25) is 0 Å². The summed E-state index contributed by atoms with van der Waals surface area (Å²) in [5, 5.41) is 5.97. The minimum atomic E-state index is -3.56. The Balaban J connectivity index is 1.82. The van der Waals surface area contributed by atoms with Crippen LogP contribution >= 0.6 is 0 Å². The van der Waals surface area contributed by atoms with Crippen LogP contribution in [0.5, 0.6) is 0 Å². The first-order valence-electron chi connectivity index (χ1n) is 7.14. The molecular formula is C14H19N3O3S. The Morgan fingerprint density at radius 1 is 1.33 bits per heavy atom. The van der Waals surface area contributed by atoms with Gasteiger partial charge in [-0.2, -0.15) is 0 Å². The van der Waals surface area contributed by atoms with E-state index in [9.17, 15) is 13.2 Å². The highest BCUT2D eigenvalue weighted by Crippen LogP contribution is 2.26. The summed E-state index contributed by atoms with van der Waals surface area (Å²) >= 11 is 0. The van der Waals surface area contributed by atoms with E-state index in [1.54, 1.807) is 12.1 Å². The molecule has 2 aliphatic heterocycles. The fourth-order valence-electron chi connectivity index (χ4n) is 2.85. The summed E-state index contributed by atoms with van der Waals surface area (Å²) in [4.78, 5) is 11.6. The number of anilines is 1. The number of amides is 1. The van der Waals surface area contributed by atoms with Crippen molar-refractivity contribution >= 4 is 21.6 Å². The number of hydrogen-bond donors (Lipinski definition) is 3. The molecule has 7 heteroatoms. The van der Waals surface area contributed by atoms with Gasteiger partial charge < -0.3 is 10.6 Å². The summed E-state index contributed by atoms with van der Waals surface area (Å²) in [6, 6.07) is 4.78. The molecule has 0 saturated carbocycles. The van der Waals surface area contributed by atoms with Gasteiger partial charge in [-0.25, -0.2) is 13.1 Å². The molecule has 0 radical (unpaired) electrons. The fraction of sp³-hybridized carbons (Fsp3) is 0.500. The van der Waals surface area contributed by atoms with Crippen LogP contribution in [-0.2, 0) is 21.2 Å². The summed E-state index contributed by atoms with van der Waals surface area (Å²) in [5.74, 6) is -0.0994. The number of carbonyl (C=O) groups excluding carboxylic acids is 1. The third-order valence-electron chi connectivity index (χ3n) is 4.08. The minimum absolute atomic E-state index is 0.0994. The third-order valence-corrected chi connectivity index (χ3v) is 5.57. The number of carbonyl (C=O) groups is 1. The average molecular weight is 309 g/mol. The van der Waals surface area contributed by atoms with Crippen LogP contribution in [0.15, 0.2) is 23.1 Å². The topological polar surface area (TPSA) is 87.3 Å². The monoisotopic (exact) mass is 309 g/mol. The van der Waals surface area contributed by atoms with E-state index in [0.717, 1.165) is 24.9 Å². The molecule has 0 aliphatic carbocycles. The molecule has 6 nitrogen and oxygen atoms in total. The zero-order valence-corrected chi connectivity index (χ0v) is 12.7. The highest BCUT2D eigenvalue weighted by atomic mass is 32.2. The SMILES string of the molecule is CC1NCCCC1NS(=O)(=O)c1ccc2c(c1)CC(=O)N2. The number of piperidine rings is 1. The van der Waals surface area contributed by atoms with Gasteiger partial charge in [0.05, 0.1) is 11.3 Å². The van der Waals surface area contributed by atoms with Gasteiger partial charge in [-0.3, -0.25) is 4.79 Å². The van der Waals surface area contributed by atoms with Crippen molar-refractivity contribution in [3.05, 3.63) is 23.8 Å². The van der Waals surface area contributed by atoms with E-state index in [-0.39, 0.29) is 29.3 Å². The third kappa shape index (κ3) is 2.95. The van der Waals surface area contributed by atoms with E-state index < -0.39 is 10.0 Å². The zero-order valence-electron chi connectivity index (χ0n) is 11.8. The van der Waals surface area contributed by atoms with Gasteiger partial charge in [0.1, 0.15) is 0 Å². The number of nitrogens with one attached hydrogen (secondary N) is 3. The van der Waals surface area contributed by atoms with E-state index in [1.807, 2.05) is 6.92 Å². The van der Waals surface area contributed by atoms with Crippen LogP contribution in [0.25, 0.3) is 0 Å². The van der Waals surface area contributed by atoms with Crippen molar-refractivity contribution in [3.8, 4) is 0 Å². The lowest BCUT2D eigenvalue weighted by Crippen LogP contribution is -2.51. The van der Waals surface area contributed by atoms with E-state index in [0.29, 0.717) is 5.69 Å². The van der Waals surface area contributed by atoms with Gasteiger partial charge in [-0.1, -0.05) is 0 Å². The summed E-state index contributed by atoms with van der Waals surface area (Å²) in [7, 11) is -3.56. The number of benzene rings is 1. The molecule has 114 valence electrons. The van der Waals surface area contributed by atoms with Crippen LogP contribution in [0, 0.1) is 0 Å². The smallest absolute Gasteiger partial charge is 0.240 e. The van der Waals surface area contributed by atoms with Crippen molar-refractivity contribution in [2.75, 3.05) is 11.9 Å². The molecule has 1 fully saturated rings. The molecule has 0 spiro atoms. The van der Waals surface area contributed by atoms with Gasteiger partial charge in [0.15, 0.2) is 0 Å². The first-order valence-corrected chi connectivity index (χ1v) is 8.62. The van der Waals surface area contributed by atoms with Gasteiger partial charge in [0, 0.05) is 17.8 Å². The summed E-state index contributed by atoms with van der Waals surface area (Å²) < 4.78 is 27.7. The second-order valence-corrected chi connectivity index (χ2v) is 7.37. The van der Waals surface area contributed by atoms with E-state index in [4.69, 9.17) is 0 Å². The summed E-state index contributed by atoms with van der Waals surface area (Å²) in [6.07, 6.45) is 2.03. The van der Waals surface area contributed by atoms with Crippen LogP contribution < -0.4 is 15.4 Å². The molecule has 1 aromatic carbocycles. The van der Waals surface area contributed by atoms with Crippen molar-refractivity contribution in [2.24, 2.45) is 0 Å². The largest absolute Gasteiger partial charge is 0.326 e. The summed E-state index contributed by atoms with van der Waals surface area (Å²) in [5.41, 5.74) is 1.43. The molecule has 0 aromatic heterocycles. The Hall–Kier alpha value is -1.44. The molecular weight excluding hydrogens is 290 g/mol. The van der Waals surface area contributed by atoms with Crippen LogP contribution in [0.1, 0.15) is 25.3 Å². The minimum Gasteiger partial charge on any atom is -0.326 e. The highest BCUT2D eigenvalue weighted by Gasteiger charge is 2.27. The van der Waals surface area contributed by atoms with Gasteiger partial charge in [-0.05, 0) is 50.1 Å². The van der Waals surface area contributed by atoms with Crippen LogP contribution in [-0.4, -0.2) is 33.0 Å². The Morgan fingerprint density at radius 3 is 2.90 bits per heavy atom. The molecule has 2 heterocycles. The molecule has 0 bridgehead atoms. The molecule has 2 aliphatic rings. The number of hydrogen-bond acceptors (Lipinski definition) is 4. The maximum Gasteiger partial charge on any atom is 0.240 e. The zero-order chi connectivity index (χ0) is 15.0. The Kier molecular flexibility index (Phi) is 3.73. The maximum absolute atomic E-state index is 12.5. The van der Waals surface area contributed by atoms with E-state index in [1.165, 1.54) is 6.07 Å². The summed E-state index contributed by atoms with van der Waals surface area (Å²) in [6.45, 7) is 2.91. The Labute approximate surface area is 124 Å². The second kappa shape index (κ2) is 5.40. The van der Waals surface area contributed by atoms with Crippen molar-refractivity contribution in [2.45, 2.75) is 43.2 Å². The molecule has 1 aromatic rings. The Morgan fingerprint density at radius 2 is 2.14 bits per heavy atom.